The second-order valence-corrected chi connectivity index (χ2v) is 10.9. The molecule has 0 aliphatic heterocycles. The number of benzene rings is 2. The summed E-state index contributed by atoms with van der Waals surface area (Å²) < 4.78 is 21.4. The molecule has 1 fully saturated rings. The highest BCUT2D eigenvalue weighted by molar-refractivity contribution is 7.71. The lowest BCUT2D eigenvalue weighted by Gasteiger charge is -2.29. The van der Waals surface area contributed by atoms with Crippen molar-refractivity contribution in [3.63, 3.8) is 0 Å². The summed E-state index contributed by atoms with van der Waals surface area (Å²) in [6.07, 6.45) is 17.7. The maximum Gasteiger partial charge on any atom is 0.198 e. The van der Waals surface area contributed by atoms with Crippen LogP contribution >= 0.6 is 12.2 Å². The van der Waals surface area contributed by atoms with Crippen LogP contribution in [0.25, 0.3) is 21.7 Å². The average molecular weight is 481 g/mol. The molecule has 0 saturated heterocycles. The van der Waals surface area contributed by atoms with Gasteiger partial charge in [-0.3, -0.25) is 0 Å². The minimum absolute atomic E-state index is 0.244. The van der Waals surface area contributed by atoms with E-state index in [-0.39, 0.29) is 5.82 Å². The molecule has 0 atom stereocenters. The van der Waals surface area contributed by atoms with E-state index in [9.17, 15) is 0 Å². The van der Waals surface area contributed by atoms with Crippen molar-refractivity contribution in [1.29, 1.82) is 0 Å². The lowest BCUT2D eigenvalue weighted by molar-refractivity contribution is 0.302. The van der Waals surface area contributed by atoms with E-state index in [2.05, 4.69) is 32.0 Å². The van der Waals surface area contributed by atoms with Gasteiger partial charge in [-0.15, -0.1) is 0 Å². The highest BCUT2D eigenvalue weighted by Gasteiger charge is 2.23. The third-order valence-corrected chi connectivity index (χ3v) is 8.31. The molecule has 1 aliphatic rings. The van der Waals surface area contributed by atoms with Crippen molar-refractivity contribution in [3.8, 4) is 0 Å². The normalized spacial score (nSPS) is 18.7. The Morgan fingerprint density at radius 1 is 0.824 bits per heavy atom. The van der Waals surface area contributed by atoms with Gasteiger partial charge < -0.3 is 4.42 Å². The Morgan fingerprint density at radius 2 is 1.53 bits per heavy atom. The lowest BCUT2D eigenvalue weighted by atomic mass is 9.76. The molecule has 1 heterocycles. The zero-order chi connectivity index (χ0) is 23.9. The predicted molar refractivity (Wildman–Crippen MR) is 146 cm³/mol. The van der Waals surface area contributed by atoms with E-state index in [1.165, 1.54) is 76.2 Å². The lowest BCUT2D eigenvalue weighted by Crippen LogP contribution is -2.13. The second kappa shape index (κ2) is 12.3. The highest BCUT2D eigenvalue weighted by atomic mass is 32.1. The van der Waals surface area contributed by atoms with Crippen molar-refractivity contribution in [2.45, 2.75) is 110 Å². The molecule has 1 aliphatic carbocycles. The summed E-state index contributed by atoms with van der Waals surface area (Å²) in [7, 11) is 0. The van der Waals surface area contributed by atoms with E-state index in [4.69, 9.17) is 16.6 Å². The van der Waals surface area contributed by atoms with Gasteiger partial charge in [0.25, 0.3) is 0 Å². The maximum absolute atomic E-state index is 15.1. The monoisotopic (exact) mass is 480 g/mol. The van der Waals surface area contributed by atoms with Gasteiger partial charge in [-0.25, -0.2) is 4.39 Å². The second-order valence-electron chi connectivity index (χ2n) is 10.5. The van der Waals surface area contributed by atoms with Crippen molar-refractivity contribution in [1.82, 2.24) is 0 Å². The maximum atomic E-state index is 15.1. The van der Waals surface area contributed by atoms with Crippen LogP contribution in [-0.2, 0) is 6.42 Å². The van der Waals surface area contributed by atoms with Crippen molar-refractivity contribution in [2.24, 2.45) is 5.92 Å². The zero-order valence-electron chi connectivity index (χ0n) is 21.1. The van der Waals surface area contributed by atoms with E-state index < -0.39 is 0 Å². The van der Waals surface area contributed by atoms with Crippen LogP contribution in [0.4, 0.5) is 4.39 Å². The van der Waals surface area contributed by atoms with E-state index in [0.29, 0.717) is 16.2 Å². The van der Waals surface area contributed by atoms with E-state index in [0.717, 1.165) is 46.9 Å². The van der Waals surface area contributed by atoms with Crippen molar-refractivity contribution in [3.05, 3.63) is 52.0 Å². The third kappa shape index (κ3) is 5.90. The quantitative estimate of drug-likeness (QED) is 0.154. The molecule has 0 bridgehead atoms. The van der Waals surface area contributed by atoms with Crippen LogP contribution in [0.5, 0.6) is 0 Å². The van der Waals surface area contributed by atoms with Crippen LogP contribution in [0.3, 0.4) is 0 Å². The molecule has 2 aromatic carbocycles. The number of halogens is 1. The summed E-state index contributed by atoms with van der Waals surface area (Å²) in [5.74, 6) is 1.26. The molecular weight excluding hydrogens is 439 g/mol. The van der Waals surface area contributed by atoms with Crippen LogP contribution in [0, 0.1) is 16.4 Å². The van der Waals surface area contributed by atoms with Gasteiger partial charge in [0.2, 0.25) is 0 Å². The zero-order valence-corrected chi connectivity index (χ0v) is 22.0. The number of hydrogen-bond donors (Lipinski definition) is 0. The van der Waals surface area contributed by atoms with Gasteiger partial charge in [-0.1, -0.05) is 89.5 Å². The van der Waals surface area contributed by atoms with Gasteiger partial charge in [-0.2, -0.15) is 0 Å². The molecule has 184 valence electrons. The summed E-state index contributed by atoms with van der Waals surface area (Å²) in [4.78, 5) is 0. The highest BCUT2D eigenvalue weighted by Crippen LogP contribution is 2.40. The van der Waals surface area contributed by atoms with Crippen LogP contribution < -0.4 is 0 Å². The molecule has 0 amide bonds. The summed E-state index contributed by atoms with van der Waals surface area (Å²) >= 11 is 5.60. The Bertz CT molecular complexity index is 1140. The first-order chi connectivity index (χ1) is 16.6. The number of hydrogen-bond acceptors (Lipinski definition) is 2. The average Bonchev–Trinajstić information content (AvgIpc) is 2.86. The Kier molecular flexibility index (Phi) is 9.17. The van der Waals surface area contributed by atoms with E-state index in [1.807, 2.05) is 12.1 Å². The molecule has 3 heteroatoms. The molecule has 1 aromatic heterocycles. The first-order valence-electron chi connectivity index (χ1n) is 13.8. The SMILES string of the molecule is CCCCCCCCC1CCC(c2ccc3c(c2)c(=S)oc2c(F)c(CCCC)ccc23)CC1. The van der Waals surface area contributed by atoms with Crippen molar-refractivity contribution in [2.75, 3.05) is 0 Å². The Morgan fingerprint density at radius 3 is 2.29 bits per heavy atom. The number of aryl methyl sites for hydroxylation is 1. The topological polar surface area (TPSA) is 13.1 Å². The van der Waals surface area contributed by atoms with Gasteiger partial charge >= 0.3 is 0 Å². The number of rotatable bonds is 11. The van der Waals surface area contributed by atoms with E-state index in [1.54, 1.807) is 0 Å². The first-order valence-corrected chi connectivity index (χ1v) is 14.2. The standard InChI is InChI=1S/C31H41FOS/c1-3-5-7-8-9-10-11-22-13-15-23(16-14-22)25-18-19-26-27-20-17-24(12-6-4-2)29(32)30(27)33-31(34)28(26)21-25/h17-23H,3-16H2,1-2H3. The smallest absolute Gasteiger partial charge is 0.198 e. The molecule has 4 rings (SSSR count). The first kappa shape index (κ1) is 25.4. The van der Waals surface area contributed by atoms with Crippen molar-refractivity contribution < 1.29 is 8.81 Å². The molecule has 34 heavy (non-hydrogen) atoms. The minimum atomic E-state index is -0.244. The molecular formula is C31H41FOS. The van der Waals surface area contributed by atoms with Crippen LogP contribution in [0.2, 0.25) is 0 Å². The molecule has 0 radical (unpaired) electrons. The van der Waals surface area contributed by atoms with Crippen LogP contribution in [-0.4, -0.2) is 0 Å². The fraction of sp³-hybridized carbons (Fsp3) is 0.581. The predicted octanol–water partition coefficient (Wildman–Crippen LogP) is 10.8. The summed E-state index contributed by atoms with van der Waals surface area (Å²) in [6, 6.07) is 10.5. The molecule has 0 N–H and O–H groups in total. The van der Waals surface area contributed by atoms with Gasteiger partial charge in [-0.05, 0) is 85.2 Å². The van der Waals surface area contributed by atoms with Gasteiger partial charge in [0, 0.05) is 10.8 Å². The summed E-state index contributed by atoms with van der Waals surface area (Å²) in [5.41, 5.74) is 2.40. The largest absolute Gasteiger partial charge is 0.441 e. The molecule has 3 aromatic rings. The minimum Gasteiger partial charge on any atom is -0.441 e. The van der Waals surface area contributed by atoms with Gasteiger partial charge in [0.1, 0.15) is 0 Å². The van der Waals surface area contributed by atoms with Gasteiger partial charge in [0.15, 0.2) is 16.1 Å². The fourth-order valence-corrected chi connectivity index (χ4v) is 6.09. The molecule has 1 nitrogen and oxygen atoms in total. The fourth-order valence-electron chi connectivity index (χ4n) is 5.83. The van der Waals surface area contributed by atoms with Crippen LogP contribution in [0.1, 0.15) is 114 Å². The summed E-state index contributed by atoms with van der Waals surface area (Å²) in [6.45, 7) is 4.40. The molecule has 1 saturated carbocycles. The summed E-state index contributed by atoms with van der Waals surface area (Å²) in [5, 5.41) is 2.79. The van der Waals surface area contributed by atoms with E-state index >= 15 is 4.39 Å². The molecule has 0 unspecified atom stereocenters. The van der Waals surface area contributed by atoms with Gasteiger partial charge in [0.05, 0.1) is 0 Å². The Balaban J connectivity index is 1.44. The Hall–Kier alpha value is -1.74. The molecule has 0 spiro atoms. The third-order valence-electron chi connectivity index (χ3n) is 8.01. The number of fused-ring (bicyclic) bond motifs is 3. The number of unbranched alkanes of at least 4 members (excludes halogenated alkanes) is 6. The Labute approximate surface area is 210 Å². The van der Waals surface area contributed by atoms with Crippen LogP contribution in [0.15, 0.2) is 34.7 Å². The van der Waals surface area contributed by atoms with Crippen molar-refractivity contribution >= 4 is 34.0 Å².